The van der Waals surface area contributed by atoms with Crippen molar-refractivity contribution in [3.8, 4) is 0 Å². The van der Waals surface area contributed by atoms with Gasteiger partial charge in [0.05, 0.1) is 11.7 Å². The van der Waals surface area contributed by atoms with Gasteiger partial charge in [-0.15, -0.1) is 0 Å². The van der Waals surface area contributed by atoms with Crippen molar-refractivity contribution in [2.45, 2.75) is 44.7 Å². The van der Waals surface area contributed by atoms with Crippen molar-refractivity contribution in [1.29, 1.82) is 0 Å². The van der Waals surface area contributed by atoms with E-state index in [0.29, 0.717) is 12.6 Å². The number of nitrogens with zero attached hydrogens (tertiary/aromatic N) is 3. The Labute approximate surface area is 103 Å². The Morgan fingerprint density at radius 2 is 2.41 bits per heavy atom. The lowest BCUT2D eigenvalue weighted by Crippen LogP contribution is -2.44. The maximum absolute atomic E-state index is 5.95. The average Bonchev–Trinajstić information content (AvgIpc) is 2.41. The molecule has 2 N–H and O–H groups in total. The van der Waals surface area contributed by atoms with E-state index in [1.54, 1.807) is 12.5 Å². The summed E-state index contributed by atoms with van der Waals surface area (Å²) in [4.78, 5) is 10.9. The quantitative estimate of drug-likeness (QED) is 0.862. The Bertz CT molecular complexity index is 327. The van der Waals surface area contributed by atoms with E-state index < -0.39 is 0 Å². The first-order chi connectivity index (χ1) is 8.36. The molecule has 4 heteroatoms. The predicted octanol–water partition coefficient (Wildman–Crippen LogP) is 1.74. The van der Waals surface area contributed by atoms with Gasteiger partial charge in [-0.1, -0.05) is 13.3 Å². The number of likely N-dealkylation sites (tertiary alicyclic amines) is 1. The molecule has 0 aromatic carbocycles. The first kappa shape index (κ1) is 12.5. The van der Waals surface area contributed by atoms with Crippen molar-refractivity contribution in [1.82, 2.24) is 14.9 Å². The summed E-state index contributed by atoms with van der Waals surface area (Å²) in [7, 11) is 0. The predicted molar refractivity (Wildman–Crippen MR) is 68.5 cm³/mol. The molecule has 2 atom stereocenters. The summed E-state index contributed by atoms with van der Waals surface area (Å²) in [5, 5.41) is 0. The molecule has 4 nitrogen and oxygen atoms in total. The second-order valence-corrected chi connectivity index (χ2v) is 4.68. The third-order valence-corrected chi connectivity index (χ3v) is 3.71. The van der Waals surface area contributed by atoms with Crippen LogP contribution in [-0.2, 0) is 0 Å². The van der Waals surface area contributed by atoms with E-state index in [4.69, 9.17) is 5.73 Å². The minimum absolute atomic E-state index is 0.253. The minimum Gasteiger partial charge on any atom is -0.329 e. The fourth-order valence-corrected chi connectivity index (χ4v) is 2.80. The molecule has 0 saturated carbocycles. The maximum Gasteiger partial charge on any atom is 0.115 e. The van der Waals surface area contributed by atoms with E-state index in [9.17, 15) is 0 Å². The molecular weight excluding hydrogens is 212 g/mol. The molecule has 0 spiro atoms. The molecule has 0 radical (unpaired) electrons. The van der Waals surface area contributed by atoms with Crippen molar-refractivity contribution in [3.05, 3.63) is 24.3 Å². The number of aromatic nitrogens is 2. The Morgan fingerprint density at radius 1 is 1.53 bits per heavy atom. The lowest BCUT2D eigenvalue weighted by atomic mass is 9.96. The van der Waals surface area contributed by atoms with Crippen LogP contribution in [0.1, 0.15) is 44.3 Å². The van der Waals surface area contributed by atoms with Crippen LogP contribution in [0.15, 0.2) is 18.6 Å². The second-order valence-electron chi connectivity index (χ2n) is 4.68. The van der Waals surface area contributed by atoms with E-state index in [1.807, 2.05) is 6.07 Å². The average molecular weight is 234 g/mol. The van der Waals surface area contributed by atoms with Gasteiger partial charge in [-0.2, -0.15) is 0 Å². The summed E-state index contributed by atoms with van der Waals surface area (Å²) in [6, 6.07) is 2.90. The number of rotatable bonds is 4. The van der Waals surface area contributed by atoms with Crippen LogP contribution in [0.4, 0.5) is 0 Å². The lowest BCUT2D eigenvalue weighted by Gasteiger charge is -2.40. The van der Waals surface area contributed by atoms with Crippen LogP contribution in [0.25, 0.3) is 0 Å². The van der Waals surface area contributed by atoms with Gasteiger partial charge < -0.3 is 5.73 Å². The Balaban J connectivity index is 2.16. The molecule has 2 rings (SSSR count). The van der Waals surface area contributed by atoms with E-state index in [-0.39, 0.29) is 6.04 Å². The smallest absolute Gasteiger partial charge is 0.115 e. The molecule has 0 aliphatic carbocycles. The van der Waals surface area contributed by atoms with Crippen molar-refractivity contribution >= 4 is 0 Å². The van der Waals surface area contributed by atoms with Gasteiger partial charge in [-0.05, 0) is 31.9 Å². The van der Waals surface area contributed by atoms with Crippen LogP contribution in [0.5, 0.6) is 0 Å². The molecule has 1 aromatic rings. The summed E-state index contributed by atoms with van der Waals surface area (Å²) in [5.41, 5.74) is 7.01. The van der Waals surface area contributed by atoms with Gasteiger partial charge in [0.1, 0.15) is 6.33 Å². The van der Waals surface area contributed by atoms with Gasteiger partial charge in [-0.25, -0.2) is 9.97 Å². The standard InChI is InChI=1S/C13H22N4/c1-2-11-5-3-4-8-17(11)13(9-14)12-6-7-15-10-16-12/h6-7,10-11,13H,2-5,8-9,14H2,1H3. The second kappa shape index (κ2) is 6.07. The van der Waals surface area contributed by atoms with E-state index in [0.717, 1.165) is 12.2 Å². The zero-order chi connectivity index (χ0) is 12.1. The molecule has 2 heterocycles. The van der Waals surface area contributed by atoms with Gasteiger partial charge in [0, 0.05) is 18.8 Å². The first-order valence-corrected chi connectivity index (χ1v) is 6.58. The number of piperidine rings is 1. The molecule has 0 amide bonds. The summed E-state index contributed by atoms with van der Waals surface area (Å²) in [6.45, 7) is 4.04. The van der Waals surface area contributed by atoms with Gasteiger partial charge in [0.15, 0.2) is 0 Å². The zero-order valence-corrected chi connectivity index (χ0v) is 10.5. The van der Waals surface area contributed by atoms with Gasteiger partial charge in [-0.3, -0.25) is 4.90 Å². The molecule has 2 unspecified atom stereocenters. The Hall–Kier alpha value is -1.00. The summed E-state index contributed by atoms with van der Waals surface area (Å²) in [6.07, 6.45) is 8.52. The van der Waals surface area contributed by atoms with Crippen LogP contribution < -0.4 is 5.73 Å². The van der Waals surface area contributed by atoms with Gasteiger partial charge in [0.2, 0.25) is 0 Å². The van der Waals surface area contributed by atoms with E-state index in [1.165, 1.54) is 25.7 Å². The fourth-order valence-electron chi connectivity index (χ4n) is 2.80. The highest BCUT2D eigenvalue weighted by molar-refractivity contribution is 5.07. The number of nitrogens with two attached hydrogens (primary N) is 1. The molecular formula is C13H22N4. The monoisotopic (exact) mass is 234 g/mol. The maximum atomic E-state index is 5.95. The molecule has 1 aliphatic rings. The first-order valence-electron chi connectivity index (χ1n) is 6.58. The highest BCUT2D eigenvalue weighted by atomic mass is 15.2. The molecule has 1 aromatic heterocycles. The molecule has 94 valence electrons. The van der Waals surface area contributed by atoms with Crippen LogP contribution in [0.2, 0.25) is 0 Å². The molecule has 17 heavy (non-hydrogen) atoms. The van der Waals surface area contributed by atoms with E-state index in [2.05, 4.69) is 21.8 Å². The van der Waals surface area contributed by atoms with E-state index >= 15 is 0 Å². The molecule has 1 aliphatic heterocycles. The number of hydrogen-bond acceptors (Lipinski definition) is 4. The third-order valence-electron chi connectivity index (χ3n) is 3.71. The number of hydrogen-bond donors (Lipinski definition) is 1. The van der Waals surface area contributed by atoms with Crippen LogP contribution >= 0.6 is 0 Å². The van der Waals surface area contributed by atoms with Crippen LogP contribution in [0.3, 0.4) is 0 Å². The molecule has 0 bridgehead atoms. The highest BCUT2D eigenvalue weighted by Gasteiger charge is 2.28. The largest absolute Gasteiger partial charge is 0.329 e. The van der Waals surface area contributed by atoms with Crippen molar-refractivity contribution in [3.63, 3.8) is 0 Å². The third kappa shape index (κ3) is 2.82. The summed E-state index contributed by atoms with van der Waals surface area (Å²) >= 11 is 0. The Morgan fingerprint density at radius 3 is 3.06 bits per heavy atom. The van der Waals surface area contributed by atoms with Crippen LogP contribution in [-0.4, -0.2) is 34.0 Å². The SMILES string of the molecule is CCC1CCCCN1C(CN)c1ccncn1. The fraction of sp³-hybridized carbons (Fsp3) is 0.692. The zero-order valence-electron chi connectivity index (χ0n) is 10.5. The van der Waals surface area contributed by atoms with Crippen molar-refractivity contribution < 1.29 is 0 Å². The minimum atomic E-state index is 0.253. The Kier molecular flexibility index (Phi) is 4.45. The van der Waals surface area contributed by atoms with Gasteiger partial charge >= 0.3 is 0 Å². The van der Waals surface area contributed by atoms with Crippen molar-refractivity contribution in [2.75, 3.05) is 13.1 Å². The van der Waals surface area contributed by atoms with Gasteiger partial charge in [0.25, 0.3) is 0 Å². The molecule has 1 saturated heterocycles. The summed E-state index contributed by atoms with van der Waals surface area (Å²) < 4.78 is 0. The highest BCUT2D eigenvalue weighted by Crippen LogP contribution is 2.28. The van der Waals surface area contributed by atoms with Crippen molar-refractivity contribution in [2.24, 2.45) is 5.73 Å². The molecule has 1 fully saturated rings. The summed E-state index contributed by atoms with van der Waals surface area (Å²) in [5.74, 6) is 0. The van der Waals surface area contributed by atoms with Crippen LogP contribution in [0, 0.1) is 0 Å². The normalized spacial score (nSPS) is 23.5. The topological polar surface area (TPSA) is 55.0 Å². The lowest BCUT2D eigenvalue weighted by molar-refractivity contribution is 0.0927.